The average molecular weight is 245 g/mol. The minimum absolute atomic E-state index is 0.481. The normalized spacial score (nSPS) is 11.9. The van der Waals surface area contributed by atoms with Gasteiger partial charge in [-0.05, 0) is 17.5 Å². The van der Waals surface area contributed by atoms with Crippen LogP contribution in [0.4, 0.5) is 0 Å². The Labute approximate surface area is 109 Å². The van der Waals surface area contributed by atoms with Gasteiger partial charge in [0.25, 0.3) is 0 Å². The Morgan fingerprint density at radius 1 is 1.22 bits per heavy atom. The van der Waals surface area contributed by atoms with Crippen LogP contribution in [-0.2, 0) is 13.6 Å². The Morgan fingerprint density at radius 3 is 2.56 bits per heavy atom. The fourth-order valence-corrected chi connectivity index (χ4v) is 2.20. The first-order chi connectivity index (χ1) is 8.50. The molecule has 3 nitrogen and oxygen atoms in total. The third-order valence-corrected chi connectivity index (χ3v) is 3.33. The lowest BCUT2D eigenvalue weighted by atomic mass is 10.0. The van der Waals surface area contributed by atoms with E-state index in [1.54, 1.807) is 0 Å². The van der Waals surface area contributed by atoms with Gasteiger partial charge in [0, 0.05) is 13.1 Å². The number of hydrogen-bond acceptors (Lipinski definition) is 2. The van der Waals surface area contributed by atoms with E-state index in [4.69, 9.17) is 4.98 Å². The van der Waals surface area contributed by atoms with Crippen LogP contribution < -0.4 is 5.32 Å². The fraction of sp³-hybridized carbons (Fsp3) is 0.533. The summed E-state index contributed by atoms with van der Waals surface area (Å²) in [5.41, 5.74) is 3.70. The molecule has 1 aromatic heterocycles. The van der Waals surface area contributed by atoms with Gasteiger partial charge in [0.05, 0.1) is 17.6 Å². The van der Waals surface area contributed by atoms with Gasteiger partial charge in [-0.3, -0.25) is 0 Å². The third-order valence-electron chi connectivity index (χ3n) is 3.33. The molecule has 0 aliphatic carbocycles. The molecule has 1 heterocycles. The number of rotatable bonds is 4. The number of nitrogens with one attached hydrogen (secondary N) is 1. The second-order valence-corrected chi connectivity index (χ2v) is 5.49. The van der Waals surface area contributed by atoms with Gasteiger partial charge in [0.1, 0.15) is 5.82 Å². The topological polar surface area (TPSA) is 29.9 Å². The second-order valence-electron chi connectivity index (χ2n) is 5.49. The van der Waals surface area contributed by atoms with E-state index >= 15 is 0 Å². The molecule has 0 radical (unpaired) electrons. The Kier molecular flexibility index (Phi) is 3.71. The van der Waals surface area contributed by atoms with E-state index in [-0.39, 0.29) is 0 Å². The van der Waals surface area contributed by atoms with Crippen LogP contribution in [0.3, 0.4) is 0 Å². The van der Waals surface area contributed by atoms with E-state index in [9.17, 15) is 0 Å². The van der Waals surface area contributed by atoms with Crippen molar-refractivity contribution in [2.24, 2.45) is 7.05 Å². The van der Waals surface area contributed by atoms with Gasteiger partial charge in [0.2, 0.25) is 0 Å². The molecule has 0 aliphatic rings. The standard InChI is InChI=1S/C15H23N3/c1-10(2)12-7-6-8-13-15(12)17-14(18(13)5)9-16-11(3)4/h6-8,10-11,16H,9H2,1-5H3. The van der Waals surface area contributed by atoms with Crippen molar-refractivity contribution < 1.29 is 0 Å². The van der Waals surface area contributed by atoms with E-state index in [1.165, 1.54) is 11.1 Å². The molecule has 98 valence electrons. The van der Waals surface area contributed by atoms with Crippen LogP contribution >= 0.6 is 0 Å². The largest absolute Gasteiger partial charge is 0.330 e. The number of aromatic nitrogens is 2. The summed E-state index contributed by atoms with van der Waals surface area (Å²) in [6.45, 7) is 9.57. The number of imidazole rings is 1. The second kappa shape index (κ2) is 5.11. The summed E-state index contributed by atoms with van der Waals surface area (Å²) in [6.07, 6.45) is 0. The highest BCUT2D eigenvalue weighted by molar-refractivity contribution is 5.80. The fourth-order valence-electron chi connectivity index (χ4n) is 2.20. The quantitative estimate of drug-likeness (QED) is 0.896. The molecule has 3 heteroatoms. The predicted octanol–water partition coefficient (Wildman–Crippen LogP) is 3.19. The molecule has 0 saturated heterocycles. The molecule has 0 spiro atoms. The van der Waals surface area contributed by atoms with Crippen LogP contribution in [0, 0.1) is 0 Å². The maximum Gasteiger partial charge on any atom is 0.123 e. The minimum Gasteiger partial charge on any atom is -0.330 e. The van der Waals surface area contributed by atoms with E-state index < -0.39 is 0 Å². The van der Waals surface area contributed by atoms with Gasteiger partial charge in [-0.15, -0.1) is 0 Å². The lowest BCUT2D eigenvalue weighted by molar-refractivity contribution is 0.563. The monoisotopic (exact) mass is 245 g/mol. The zero-order chi connectivity index (χ0) is 13.3. The summed E-state index contributed by atoms with van der Waals surface area (Å²) in [7, 11) is 2.09. The van der Waals surface area contributed by atoms with Gasteiger partial charge in [0.15, 0.2) is 0 Å². The zero-order valence-corrected chi connectivity index (χ0v) is 12.0. The molecule has 0 amide bonds. The minimum atomic E-state index is 0.481. The number of benzene rings is 1. The molecule has 0 saturated carbocycles. The first-order valence-electron chi connectivity index (χ1n) is 6.68. The van der Waals surface area contributed by atoms with Crippen molar-refractivity contribution in [3.8, 4) is 0 Å². The summed E-state index contributed by atoms with van der Waals surface area (Å²) >= 11 is 0. The van der Waals surface area contributed by atoms with Crippen LogP contribution in [0.2, 0.25) is 0 Å². The number of hydrogen-bond donors (Lipinski definition) is 1. The third kappa shape index (κ3) is 2.41. The molecule has 0 fully saturated rings. The van der Waals surface area contributed by atoms with Crippen LogP contribution in [0.15, 0.2) is 18.2 Å². The van der Waals surface area contributed by atoms with E-state index in [0.717, 1.165) is 17.9 Å². The highest BCUT2D eigenvalue weighted by atomic mass is 15.1. The Bertz CT molecular complexity index is 538. The van der Waals surface area contributed by atoms with E-state index in [2.05, 4.69) is 62.8 Å². The Hall–Kier alpha value is -1.35. The first kappa shape index (κ1) is 13.1. The van der Waals surface area contributed by atoms with Crippen LogP contribution in [-0.4, -0.2) is 15.6 Å². The summed E-state index contributed by atoms with van der Waals surface area (Å²) in [5, 5.41) is 3.43. The molecule has 0 aliphatic heterocycles. The van der Waals surface area contributed by atoms with Gasteiger partial charge >= 0.3 is 0 Å². The van der Waals surface area contributed by atoms with Crippen molar-refractivity contribution in [2.75, 3.05) is 0 Å². The van der Waals surface area contributed by atoms with Gasteiger partial charge in [-0.1, -0.05) is 39.8 Å². The van der Waals surface area contributed by atoms with Crippen molar-refractivity contribution in [3.63, 3.8) is 0 Å². The van der Waals surface area contributed by atoms with Crippen molar-refractivity contribution in [3.05, 3.63) is 29.6 Å². The smallest absolute Gasteiger partial charge is 0.123 e. The Balaban J connectivity index is 2.45. The summed E-state index contributed by atoms with van der Waals surface area (Å²) in [5.74, 6) is 1.61. The molecule has 18 heavy (non-hydrogen) atoms. The Morgan fingerprint density at radius 2 is 1.94 bits per heavy atom. The van der Waals surface area contributed by atoms with Crippen LogP contribution in [0.5, 0.6) is 0 Å². The molecule has 2 rings (SSSR count). The highest BCUT2D eigenvalue weighted by Gasteiger charge is 2.12. The zero-order valence-electron chi connectivity index (χ0n) is 12.0. The SMILES string of the molecule is CC(C)NCc1nc2c(C(C)C)cccc2n1C. The number of aryl methyl sites for hydroxylation is 1. The highest BCUT2D eigenvalue weighted by Crippen LogP contribution is 2.25. The van der Waals surface area contributed by atoms with Gasteiger partial charge in [-0.2, -0.15) is 0 Å². The van der Waals surface area contributed by atoms with Crippen molar-refractivity contribution in [2.45, 2.75) is 46.2 Å². The first-order valence-corrected chi connectivity index (χ1v) is 6.68. The van der Waals surface area contributed by atoms with Crippen molar-refractivity contribution >= 4 is 11.0 Å². The number of nitrogens with zero attached hydrogens (tertiary/aromatic N) is 2. The maximum absolute atomic E-state index is 4.81. The van der Waals surface area contributed by atoms with Crippen LogP contribution in [0.25, 0.3) is 11.0 Å². The molecule has 2 aromatic rings. The molecule has 0 unspecified atom stereocenters. The predicted molar refractivity (Wildman–Crippen MR) is 76.8 cm³/mol. The van der Waals surface area contributed by atoms with Crippen molar-refractivity contribution in [1.82, 2.24) is 14.9 Å². The van der Waals surface area contributed by atoms with Gasteiger partial charge in [-0.25, -0.2) is 4.98 Å². The van der Waals surface area contributed by atoms with Gasteiger partial charge < -0.3 is 9.88 Å². The molecule has 0 atom stereocenters. The maximum atomic E-state index is 4.81. The molecular weight excluding hydrogens is 222 g/mol. The number of fused-ring (bicyclic) bond motifs is 1. The molecule has 0 bridgehead atoms. The summed E-state index contributed by atoms with van der Waals surface area (Å²) in [4.78, 5) is 4.81. The lowest BCUT2D eigenvalue weighted by Gasteiger charge is -2.07. The lowest BCUT2D eigenvalue weighted by Crippen LogP contribution is -2.23. The summed E-state index contributed by atoms with van der Waals surface area (Å²) in [6, 6.07) is 6.93. The average Bonchev–Trinajstić information content (AvgIpc) is 2.63. The molecular formula is C15H23N3. The summed E-state index contributed by atoms with van der Waals surface area (Å²) < 4.78 is 2.19. The van der Waals surface area contributed by atoms with E-state index in [0.29, 0.717) is 12.0 Å². The van der Waals surface area contributed by atoms with E-state index in [1.807, 2.05) is 0 Å². The van der Waals surface area contributed by atoms with Crippen LogP contribution in [0.1, 0.15) is 45.0 Å². The van der Waals surface area contributed by atoms with Crippen molar-refractivity contribution in [1.29, 1.82) is 0 Å². The number of para-hydroxylation sites is 1. The molecule has 1 N–H and O–H groups in total. The molecule has 1 aromatic carbocycles.